The standard InChI is InChI=1S/C24H30N4O5S/c29-23(25-11-10-18-6-5-15-33-18)17-28-22-16-19(34(31,32)26-12-3-4-13-26)8-9-20(22)27-14-2-1-7-21(27)24(28)30/h5-6,8-9,15-16,21H,1-4,7,10-14,17H2,(H,25,29)/t21-/m0/s1. The first kappa shape index (κ1) is 22.9. The molecule has 5 rings (SSSR count). The topological polar surface area (TPSA) is 103 Å². The van der Waals surface area contributed by atoms with E-state index < -0.39 is 10.0 Å². The molecule has 3 aliphatic rings. The maximum absolute atomic E-state index is 13.5. The van der Waals surface area contributed by atoms with Crippen molar-refractivity contribution in [2.75, 3.05) is 42.5 Å². The molecule has 0 saturated carbocycles. The Morgan fingerprint density at radius 2 is 1.85 bits per heavy atom. The van der Waals surface area contributed by atoms with Crippen molar-refractivity contribution in [3.63, 3.8) is 0 Å². The average Bonchev–Trinajstić information content (AvgIpc) is 3.56. The zero-order valence-electron chi connectivity index (χ0n) is 19.1. The van der Waals surface area contributed by atoms with Gasteiger partial charge < -0.3 is 14.6 Å². The van der Waals surface area contributed by atoms with Crippen LogP contribution in [-0.2, 0) is 26.0 Å². The number of nitrogens with one attached hydrogen (secondary N) is 1. The van der Waals surface area contributed by atoms with Crippen LogP contribution in [0.15, 0.2) is 45.9 Å². The molecule has 1 aromatic heterocycles. The summed E-state index contributed by atoms with van der Waals surface area (Å²) in [6, 6.07) is 8.32. The molecule has 0 aliphatic carbocycles. The smallest absolute Gasteiger partial charge is 0.250 e. The van der Waals surface area contributed by atoms with Gasteiger partial charge in [-0.2, -0.15) is 4.31 Å². The van der Waals surface area contributed by atoms with Gasteiger partial charge in [0.1, 0.15) is 18.3 Å². The highest BCUT2D eigenvalue weighted by Gasteiger charge is 2.41. The van der Waals surface area contributed by atoms with E-state index in [1.807, 2.05) is 6.07 Å². The number of hydrogen-bond donors (Lipinski definition) is 1. The number of nitrogens with zero attached hydrogens (tertiary/aromatic N) is 3. The molecule has 0 bridgehead atoms. The first-order valence-electron chi connectivity index (χ1n) is 12.0. The van der Waals surface area contributed by atoms with E-state index in [0.717, 1.165) is 50.1 Å². The van der Waals surface area contributed by atoms with Gasteiger partial charge in [-0.3, -0.25) is 14.5 Å². The molecule has 4 heterocycles. The van der Waals surface area contributed by atoms with Crippen molar-refractivity contribution in [2.45, 2.75) is 49.5 Å². The summed E-state index contributed by atoms with van der Waals surface area (Å²) in [5, 5.41) is 2.85. The summed E-state index contributed by atoms with van der Waals surface area (Å²) in [6.45, 7) is 2.00. The van der Waals surface area contributed by atoms with Crippen LogP contribution in [-0.4, -0.2) is 63.3 Å². The van der Waals surface area contributed by atoms with E-state index in [9.17, 15) is 18.0 Å². The number of rotatable bonds is 7. The van der Waals surface area contributed by atoms with Gasteiger partial charge >= 0.3 is 0 Å². The second-order valence-electron chi connectivity index (χ2n) is 9.07. The molecule has 2 fully saturated rings. The Bertz CT molecular complexity index is 1160. The minimum absolute atomic E-state index is 0.149. The number of carbonyl (C=O) groups is 2. The molecule has 0 radical (unpaired) electrons. The quantitative estimate of drug-likeness (QED) is 0.643. The van der Waals surface area contributed by atoms with Gasteiger partial charge in [0, 0.05) is 32.6 Å². The number of carbonyl (C=O) groups excluding carboxylic acids is 2. The molecule has 9 nitrogen and oxygen atoms in total. The zero-order chi connectivity index (χ0) is 23.7. The third-order valence-corrected chi connectivity index (χ3v) is 8.77. The lowest BCUT2D eigenvalue weighted by Crippen LogP contribution is -2.57. The molecular weight excluding hydrogens is 456 g/mol. The number of sulfonamides is 1. The van der Waals surface area contributed by atoms with Gasteiger partial charge in [-0.25, -0.2) is 8.42 Å². The van der Waals surface area contributed by atoms with Gasteiger partial charge in [-0.1, -0.05) is 0 Å². The summed E-state index contributed by atoms with van der Waals surface area (Å²) in [5.74, 6) is 0.335. The molecule has 1 aromatic carbocycles. The van der Waals surface area contributed by atoms with Gasteiger partial charge in [0.2, 0.25) is 21.8 Å². The van der Waals surface area contributed by atoms with Crippen LogP contribution in [0.5, 0.6) is 0 Å². The minimum atomic E-state index is -3.64. The number of anilines is 2. The lowest BCUT2D eigenvalue weighted by molar-refractivity contribution is -0.125. The fourth-order valence-electron chi connectivity index (χ4n) is 5.12. The Labute approximate surface area is 199 Å². The summed E-state index contributed by atoms with van der Waals surface area (Å²) in [7, 11) is -3.64. The lowest BCUT2D eigenvalue weighted by Gasteiger charge is -2.45. The first-order valence-corrected chi connectivity index (χ1v) is 13.4. The third kappa shape index (κ3) is 4.32. The summed E-state index contributed by atoms with van der Waals surface area (Å²) < 4.78 is 33.2. The molecule has 2 aromatic rings. The molecule has 0 unspecified atom stereocenters. The average molecular weight is 487 g/mol. The number of amides is 2. The van der Waals surface area contributed by atoms with Crippen molar-refractivity contribution in [1.29, 1.82) is 0 Å². The molecule has 1 N–H and O–H groups in total. The zero-order valence-corrected chi connectivity index (χ0v) is 19.9. The molecule has 1 atom stereocenters. The summed E-state index contributed by atoms with van der Waals surface area (Å²) in [6.07, 6.45) is 6.49. The van der Waals surface area contributed by atoms with Gasteiger partial charge in [-0.05, 0) is 62.4 Å². The van der Waals surface area contributed by atoms with Crippen molar-refractivity contribution >= 4 is 33.2 Å². The number of piperidine rings is 1. The van der Waals surface area contributed by atoms with E-state index in [-0.39, 0.29) is 29.3 Å². The monoisotopic (exact) mass is 486 g/mol. The maximum atomic E-state index is 13.5. The predicted molar refractivity (Wildman–Crippen MR) is 127 cm³/mol. The van der Waals surface area contributed by atoms with Gasteiger partial charge in [0.05, 0.1) is 22.5 Å². The van der Waals surface area contributed by atoms with Crippen LogP contribution in [0.1, 0.15) is 37.9 Å². The van der Waals surface area contributed by atoms with Crippen LogP contribution in [0, 0.1) is 0 Å². The fourth-order valence-corrected chi connectivity index (χ4v) is 6.66. The van der Waals surface area contributed by atoms with Crippen molar-refractivity contribution in [1.82, 2.24) is 9.62 Å². The highest BCUT2D eigenvalue weighted by Crippen LogP contribution is 2.41. The summed E-state index contributed by atoms with van der Waals surface area (Å²) >= 11 is 0. The molecule has 182 valence electrons. The van der Waals surface area contributed by atoms with Crippen molar-refractivity contribution in [2.24, 2.45) is 0 Å². The second kappa shape index (κ2) is 9.42. The molecule has 34 heavy (non-hydrogen) atoms. The molecular formula is C24H30N4O5S. The van der Waals surface area contributed by atoms with Crippen LogP contribution in [0.25, 0.3) is 0 Å². The van der Waals surface area contributed by atoms with E-state index in [1.54, 1.807) is 30.5 Å². The second-order valence-corrected chi connectivity index (χ2v) is 11.0. The van der Waals surface area contributed by atoms with Gasteiger partial charge in [0.25, 0.3) is 0 Å². The third-order valence-electron chi connectivity index (χ3n) is 6.88. The SMILES string of the molecule is O=C(CN1C(=O)[C@@H]2CCCCN2c2ccc(S(=O)(=O)N3CCCC3)cc21)NCCc1ccco1. The highest BCUT2D eigenvalue weighted by atomic mass is 32.2. The Hall–Kier alpha value is -2.85. The van der Waals surface area contributed by atoms with Gasteiger partial charge in [-0.15, -0.1) is 0 Å². The van der Waals surface area contributed by atoms with E-state index in [2.05, 4.69) is 10.2 Å². The van der Waals surface area contributed by atoms with Crippen molar-refractivity contribution in [3.05, 3.63) is 42.4 Å². The fraction of sp³-hybridized carbons (Fsp3) is 0.500. The normalized spacial score (nSPS) is 20.8. The minimum Gasteiger partial charge on any atom is -0.469 e. The maximum Gasteiger partial charge on any atom is 0.250 e. The Balaban J connectivity index is 1.41. The van der Waals surface area contributed by atoms with Crippen LogP contribution in [0.4, 0.5) is 11.4 Å². The predicted octanol–water partition coefficient (Wildman–Crippen LogP) is 2.13. The Kier molecular flexibility index (Phi) is 6.35. The summed E-state index contributed by atoms with van der Waals surface area (Å²) in [5.41, 5.74) is 1.30. The summed E-state index contributed by atoms with van der Waals surface area (Å²) in [4.78, 5) is 29.9. The van der Waals surface area contributed by atoms with Crippen LogP contribution < -0.4 is 15.1 Å². The number of furan rings is 1. The molecule has 2 amide bonds. The van der Waals surface area contributed by atoms with Crippen LogP contribution >= 0.6 is 0 Å². The molecule has 10 heteroatoms. The molecule has 3 aliphatic heterocycles. The number of fused-ring (bicyclic) bond motifs is 3. The molecule has 0 spiro atoms. The van der Waals surface area contributed by atoms with E-state index in [4.69, 9.17) is 4.42 Å². The first-order chi connectivity index (χ1) is 16.4. The van der Waals surface area contributed by atoms with Crippen LogP contribution in [0.3, 0.4) is 0 Å². The van der Waals surface area contributed by atoms with Crippen molar-refractivity contribution in [3.8, 4) is 0 Å². The van der Waals surface area contributed by atoms with E-state index in [0.29, 0.717) is 31.7 Å². The Morgan fingerprint density at radius 3 is 2.62 bits per heavy atom. The number of benzene rings is 1. The number of hydrogen-bond acceptors (Lipinski definition) is 6. The molecule has 2 saturated heterocycles. The van der Waals surface area contributed by atoms with Crippen molar-refractivity contribution < 1.29 is 22.4 Å². The van der Waals surface area contributed by atoms with E-state index in [1.165, 1.54) is 9.21 Å². The van der Waals surface area contributed by atoms with Crippen LogP contribution in [0.2, 0.25) is 0 Å². The largest absolute Gasteiger partial charge is 0.469 e. The van der Waals surface area contributed by atoms with Gasteiger partial charge in [0.15, 0.2) is 0 Å². The van der Waals surface area contributed by atoms with E-state index >= 15 is 0 Å². The Morgan fingerprint density at radius 1 is 1.06 bits per heavy atom. The highest BCUT2D eigenvalue weighted by molar-refractivity contribution is 7.89. The lowest BCUT2D eigenvalue weighted by atomic mass is 9.96.